The SMILES string of the molecule is CCCC#Cc1cnc2c(c1)C(=O)N([C@@H](C)CO)C[C@H](C)[C@H](CN(C)C(=O)Cc1ccccc1)O2. The van der Waals surface area contributed by atoms with Gasteiger partial charge in [-0.3, -0.25) is 9.59 Å². The predicted octanol–water partition coefficient (Wildman–Crippen LogP) is 3.15. The van der Waals surface area contributed by atoms with Gasteiger partial charge in [0.05, 0.1) is 25.6 Å². The molecular formula is C28H35N3O4. The van der Waals surface area contributed by atoms with Crippen LogP contribution in [0.4, 0.5) is 0 Å². The van der Waals surface area contributed by atoms with Gasteiger partial charge < -0.3 is 19.6 Å². The van der Waals surface area contributed by atoms with Crippen LogP contribution >= 0.6 is 0 Å². The first kappa shape index (κ1) is 26.2. The monoisotopic (exact) mass is 477 g/mol. The molecule has 0 unspecified atom stereocenters. The molecule has 1 aliphatic rings. The number of hydrogen-bond acceptors (Lipinski definition) is 5. The molecule has 35 heavy (non-hydrogen) atoms. The van der Waals surface area contributed by atoms with Crippen molar-refractivity contribution in [2.75, 3.05) is 26.7 Å². The van der Waals surface area contributed by atoms with E-state index in [1.807, 2.05) is 44.2 Å². The van der Waals surface area contributed by atoms with E-state index in [1.165, 1.54) is 0 Å². The maximum absolute atomic E-state index is 13.4. The Morgan fingerprint density at radius 1 is 1.34 bits per heavy atom. The van der Waals surface area contributed by atoms with Gasteiger partial charge in [0.25, 0.3) is 5.91 Å². The first-order valence-electron chi connectivity index (χ1n) is 12.2. The number of ether oxygens (including phenoxy) is 1. The summed E-state index contributed by atoms with van der Waals surface area (Å²) in [5.74, 6) is 6.01. The van der Waals surface area contributed by atoms with Crippen molar-refractivity contribution < 1.29 is 19.4 Å². The van der Waals surface area contributed by atoms with Crippen LogP contribution in [0, 0.1) is 17.8 Å². The van der Waals surface area contributed by atoms with E-state index in [9.17, 15) is 14.7 Å². The average molecular weight is 478 g/mol. The second-order valence-electron chi connectivity index (χ2n) is 9.19. The van der Waals surface area contributed by atoms with Gasteiger partial charge >= 0.3 is 0 Å². The quantitative estimate of drug-likeness (QED) is 0.620. The highest BCUT2D eigenvalue weighted by Crippen LogP contribution is 2.27. The molecule has 0 fully saturated rings. The van der Waals surface area contributed by atoms with E-state index < -0.39 is 0 Å². The molecule has 2 heterocycles. The average Bonchev–Trinajstić information content (AvgIpc) is 2.86. The fraction of sp³-hybridized carbons (Fsp3) is 0.464. The Labute approximate surface area is 208 Å². The molecule has 0 saturated carbocycles. The third-order valence-electron chi connectivity index (χ3n) is 6.21. The predicted molar refractivity (Wildman–Crippen MR) is 135 cm³/mol. The number of fused-ring (bicyclic) bond motifs is 1. The number of unbranched alkanes of at least 4 members (excludes halogenated alkanes) is 1. The number of aliphatic hydroxyl groups excluding tert-OH is 1. The van der Waals surface area contributed by atoms with Gasteiger partial charge in [-0.15, -0.1) is 0 Å². The molecule has 1 aromatic heterocycles. The van der Waals surface area contributed by atoms with Crippen LogP contribution in [0.5, 0.6) is 5.88 Å². The van der Waals surface area contributed by atoms with Gasteiger partial charge in [-0.2, -0.15) is 0 Å². The van der Waals surface area contributed by atoms with Gasteiger partial charge in [-0.1, -0.05) is 56.0 Å². The molecule has 2 amide bonds. The van der Waals surface area contributed by atoms with Gasteiger partial charge in [0.2, 0.25) is 11.8 Å². The van der Waals surface area contributed by atoms with E-state index in [4.69, 9.17) is 4.74 Å². The van der Waals surface area contributed by atoms with Crippen molar-refractivity contribution in [2.24, 2.45) is 5.92 Å². The van der Waals surface area contributed by atoms with Crippen LogP contribution in [-0.2, 0) is 11.2 Å². The van der Waals surface area contributed by atoms with Crippen molar-refractivity contribution in [1.82, 2.24) is 14.8 Å². The molecule has 3 atom stereocenters. The van der Waals surface area contributed by atoms with Crippen molar-refractivity contribution in [3.8, 4) is 17.7 Å². The van der Waals surface area contributed by atoms with Crippen molar-refractivity contribution in [1.29, 1.82) is 0 Å². The number of hydrogen-bond donors (Lipinski definition) is 1. The van der Waals surface area contributed by atoms with Gasteiger partial charge in [0.1, 0.15) is 11.7 Å². The maximum Gasteiger partial charge on any atom is 0.259 e. The molecule has 1 aliphatic heterocycles. The summed E-state index contributed by atoms with van der Waals surface area (Å²) in [6, 6.07) is 11.0. The lowest BCUT2D eigenvalue weighted by molar-refractivity contribution is -0.130. The van der Waals surface area contributed by atoms with Gasteiger partial charge in [0, 0.05) is 37.7 Å². The molecule has 0 bridgehead atoms. The molecule has 1 aromatic carbocycles. The van der Waals surface area contributed by atoms with Crippen molar-refractivity contribution in [3.05, 3.63) is 59.3 Å². The Hall–Kier alpha value is -3.37. The van der Waals surface area contributed by atoms with Crippen LogP contribution in [0.3, 0.4) is 0 Å². The molecule has 0 saturated heterocycles. The zero-order valence-corrected chi connectivity index (χ0v) is 21.0. The van der Waals surface area contributed by atoms with E-state index in [2.05, 4.69) is 23.7 Å². The summed E-state index contributed by atoms with van der Waals surface area (Å²) in [7, 11) is 1.76. The summed E-state index contributed by atoms with van der Waals surface area (Å²) >= 11 is 0. The summed E-state index contributed by atoms with van der Waals surface area (Å²) < 4.78 is 6.27. The van der Waals surface area contributed by atoms with Crippen LogP contribution in [-0.4, -0.2) is 70.6 Å². The van der Waals surface area contributed by atoms with Crippen LogP contribution in [0.15, 0.2) is 42.6 Å². The lowest BCUT2D eigenvalue weighted by Gasteiger charge is -2.37. The zero-order valence-electron chi connectivity index (χ0n) is 21.0. The number of benzene rings is 1. The number of pyridine rings is 1. The number of aliphatic hydroxyl groups is 1. The Balaban J connectivity index is 1.87. The number of likely N-dealkylation sites (N-methyl/N-ethyl adjacent to an activating group) is 1. The summed E-state index contributed by atoms with van der Waals surface area (Å²) in [5, 5.41) is 9.81. The lowest BCUT2D eigenvalue weighted by atomic mass is 9.99. The normalized spacial score (nSPS) is 18.3. The Morgan fingerprint density at radius 2 is 2.09 bits per heavy atom. The molecule has 0 radical (unpaired) electrons. The number of aromatic nitrogens is 1. The van der Waals surface area contributed by atoms with Crippen LogP contribution in [0.2, 0.25) is 0 Å². The highest BCUT2D eigenvalue weighted by atomic mass is 16.5. The number of nitrogens with zero attached hydrogens (tertiary/aromatic N) is 3. The smallest absolute Gasteiger partial charge is 0.259 e. The minimum Gasteiger partial charge on any atom is -0.472 e. The van der Waals surface area contributed by atoms with Gasteiger partial charge in [-0.25, -0.2) is 4.98 Å². The maximum atomic E-state index is 13.4. The van der Waals surface area contributed by atoms with Crippen molar-refractivity contribution in [2.45, 2.75) is 52.2 Å². The van der Waals surface area contributed by atoms with E-state index in [0.29, 0.717) is 30.6 Å². The van der Waals surface area contributed by atoms with Crippen molar-refractivity contribution >= 4 is 11.8 Å². The highest BCUT2D eigenvalue weighted by Gasteiger charge is 2.34. The van der Waals surface area contributed by atoms with Crippen LogP contribution in [0.25, 0.3) is 0 Å². The summed E-state index contributed by atoms with van der Waals surface area (Å²) in [5.41, 5.74) is 1.92. The van der Waals surface area contributed by atoms with Gasteiger partial charge in [0.15, 0.2) is 0 Å². The Morgan fingerprint density at radius 3 is 2.77 bits per heavy atom. The lowest BCUT2D eigenvalue weighted by Crippen LogP contribution is -2.50. The number of rotatable bonds is 7. The molecule has 3 rings (SSSR count). The topological polar surface area (TPSA) is 83.0 Å². The summed E-state index contributed by atoms with van der Waals surface area (Å²) in [4.78, 5) is 34.1. The number of carbonyl (C=O) groups excluding carboxylic acids is 2. The van der Waals surface area contributed by atoms with Crippen molar-refractivity contribution in [3.63, 3.8) is 0 Å². The second kappa shape index (κ2) is 12.4. The van der Waals surface area contributed by atoms with E-state index in [0.717, 1.165) is 18.4 Å². The van der Waals surface area contributed by atoms with Crippen LogP contribution in [0.1, 0.15) is 55.1 Å². The minimum atomic E-state index is -0.385. The van der Waals surface area contributed by atoms with E-state index >= 15 is 0 Å². The first-order valence-corrected chi connectivity index (χ1v) is 12.2. The second-order valence-corrected chi connectivity index (χ2v) is 9.19. The fourth-order valence-corrected chi connectivity index (χ4v) is 3.96. The molecule has 186 valence electrons. The third-order valence-corrected chi connectivity index (χ3v) is 6.21. The molecule has 2 aromatic rings. The Bertz CT molecular complexity index is 1080. The zero-order chi connectivity index (χ0) is 25.4. The fourth-order valence-electron chi connectivity index (χ4n) is 3.96. The minimum absolute atomic E-state index is 0.0135. The first-order chi connectivity index (χ1) is 16.8. The highest BCUT2D eigenvalue weighted by molar-refractivity contribution is 5.97. The molecule has 1 N–H and O–H groups in total. The Kier molecular flexibility index (Phi) is 9.27. The molecule has 7 heteroatoms. The molecule has 0 aliphatic carbocycles. The molecule has 0 spiro atoms. The largest absolute Gasteiger partial charge is 0.472 e. The number of carbonyl (C=O) groups is 2. The van der Waals surface area contributed by atoms with Crippen LogP contribution < -0.4 is 4.74 Å². The summed E-state index contributed by atoms with van der Waals surface area (Å²) in [6.07, 6.45) is 3.25. The third kappa shape index (κ3) is 6.83. The standard InChI is InChI=1S/C28H35N3O4/c1-5-6-8-13-23-14-24-27(29-16-23)35-25(20(2)17-31(28(24)34)21(3)19-32)18-30(4)26(33)15-22-11-9-7-10-12-22/h7,9-12,14,16,20-21,25,32H,5-6,15,17-19H2,1-4H3/t20-,21-,25-/m0/s1. The summed E-state index contributed by atoms with van der Waals surface area (Å²) in [6.45, 7) is 6.44. The molecule has 7 nitrogen and oxygen atoms in total. The molecular weight excluding hydrogens is 442 g/mol. The number of amides is 2. The van der Waals surface area contributed by atoms with Gasteiger partial charge in [-0.05, 0) is 25.0 Å². The van der Waals surface area contributed by atoms with E-state index in [1.54, 1.807) is 29.1 Å². The van der Waals surface area contributed by atoms with E-state index in [-0.39, 0.29) is 42.4 Å².